The average molecular weight is 278 g/mol. The lowest BCUT2D eigenvalue weighted by atomic mass is 10.5. The average Bonchev–Trinajstić information content (AvgIpc) is 2.28. The van der Waals surface area contributed by atoms with Crippen LogP contribution < -0.4 is 0 Å². The Labute approximate surface area is 99.1 Å². The zero-order valence-electron chi connectivity index (χ0n) is 10.0. The number of hydrogen-bond acceptors (Lipinski definition) is 5. The molecule has 0 radical (unpaired) electrons. The molecule has 0 aliphatic rings. The highest BCUT2D eigenvalue weighted by Crippen LogP contribution is 2.17. The monoisotopic (exact) mass is 278 g/mol. The minimum absolute atomic E-state index is 0.112. The van der Waals surface area contributed by atoms with Gasteiger partial charge in [-0.3, -0.25) is 4.74 Å². The molecule has 0 spiro atoms. The first kappa shape index (κ1) is 16.8. The van der Waals surface area contributed by atoms with Crippen LogP contribution in [0, 0.1) is 0 Å². The molecule has 9 heteroatoms. The summed E-state index contributed by atoms with van der Waals surface area (Å²) >= 11 is 0. The molecular weight excluding hydrogens is 261 g/mol. The van der Waals surface area contributed by atoms with Gasteiger partial charge in [-0.2, -0.15) is 0 Å². The second-order valence-corrected chi connectivity index (χ2v) is 6.11. The molecule has 5 nitrogen and oxygen atoms in total. The van der Waals surface area contributed by atoms with Crippen LogP contribution in [0.4, 0.5) is 13.2 Å². The van der Waals surface area contributed by atoms with Crippen LogP contribution in [0.1, 0.15) is 6.42 Å². The van der Waals surface area contributed by atoms with Gasteiger partial charge in [0.25, 0.3) is 0 Å². The van der Waals surface area contributed by atoms with E-state index in [-0.39, 0.29) is 6.61 Å². The predicted octanol–water partition coefficient (Wildman–Crippen LogP) is 1.77. The second-order valence-electron chi connectivity index (χ2n) is 3.02. The van der Waals surface area contributed by atoms with E-state index in [0.717, 1.165) is 0 Å². The van der Waals surface area contributed by atoms with E-state index in [1.807, 2.05) is 0 Å². The van der Waals surface area contributed by atoms with Gasteiger partial charge >= 0.3 is 15.2 Å². The molecule has 0 fully saturated rings. The molecule has 0 bridgehead atoms. The fourth-order valence-corrected chi connectivity index (χ4v) is 2.80. The molecule has 0 aromatic rings. The molecule has 0 aromatic carbocycles. The minimum Gasteiger partial charge on any atom is -0.377 e. The van der Waals surface area contributed by atoms with Crippen LogP contribution in [0.2, 0.25) is 6.04 Å². The first-order valence-corrected chi connectivity index (χ1v) is 6.76. The molecule has 0 unspecified atom stereocenters. The van der Waals surface area contributed by atoms with Crippen LogP contribution in [-0.2, 0) is 22.8 Å². The highest BCUT2D eigenvalue weighted by atomic mass is 28.4. The van der Waals surface area contributed by atoms with Gasteiger partial charge in [-0.25, -0.2) is 0 Å². The van der Waals surface area contributed by atoms with E-state index in [1.54, 1.807) is 0 Å². The molecule has 0 aromatic heterocycles. The third-order valence-electron chi connectivity index (χ3n) is 2.01. The maximum Gasteiger partial charge on any atom is 0.524 e. The fraction of sp³-hybridized carbons (Fsp3) is 1.00. The van der Waals surface area contributed by atoms with Gasteiger partial charge in [0.15, 0.2) is 6.79 Å². The van der Waals surface area contributed by atoms with Gasteiger partial charge in [-0.15, -0.1) is 13.2 Å². The molecule has 17 heavy (non-hydrogen) atoms. The molecule has 0 rings (SSSR count). The molecule has 0 saturated heterocycles. The Morgan fingerprint density at radius 3 is 1.94 bits per heavy atom. The minimum atomic E-state index is -4.66. The van der Waals surface area contributed by atoms with Crippen molar-refractivity contribution < 1.29 is 35.9 Å². The summed E-state index contributed by atoms with van der Waals surface area (Å²) in [5, 5.41) is 0. The molecule has 0 saturated carbocycles. The standard InChI is InChI=1S/C8H17F3O5Si/c1-12-17(13-2,14-3)6-4-5-15-7-16-8(9,10)11/h4-7H2,1-3H3. The quantitative estimate of drug-likeness (QED) is 0.365. The molecule has 0 aliphatic heterocycles. The molecular formula is C8H17F3O5Si. The topological polar surface area (TPSA) is 46.2 Å². The van der Waals surface area contributed by atoms with Crippen LogP contribution in [0.15, 0.2) is 0 Å². The number of alkyl halides is 3. The summed E-state index contributed by atoms with van der Waals surface area (Å²) in [6, 6.07) is 0.461. The Hall–Kier alpha value is -0.193. The van der Waals surface area contributed by atoms with Crippen molar-refractivity contribution in [2.24, 2.45) is 0 Å². The lowest BCUT2D eigenvalue weighted by molar-refractivity contribution is -0.349. The smallest absolute Gasteiger partial charge is 0.377 e. The first-order valence-electron chi connectivity index (χ1n) is 4.83. The summed E-state index contributed by atoms with van der Waals surface area (Å²) in [4.78, 5) is 0. The number of hydrogen-bond donors (Lipinski definition) is 0. The molecule has 0 aliphatic carbocycles. The first-order chi connectivity index (χ1) is 7.89. The maximum absolute atomic E-state index is 11.6. The zero-order chi connectivity index (χ0) is 13.4. The normalized spacial score (nSPS) is 13.1. The van der Waals surface area contributed by atoms with E-state index in [2.05, 4.69) is 9.47 Å². The second kappa shape index (κ2) is 8.00. The highest BCUT2D eigenvalue weighted by molar-refractivity contribution is 6.60. The maximum atomic E-state index is 11.6. The predicted molar refractivity (Wildman–Crippen MR) is 54.2 cm³/mol. The lowest BCUT2D eigenvalue weighted by Crippen LogP contribution is -2.42. The Morgan fingerprint density at radius 2 is 1.53 bits per heavy atom. The van der Waals surface area contributed by atoms with Gasteiger partial charge in [0.2, 0.25) is 0 Å². The van der Waals surface area contributed by atoms with Crippen molar-refractivity contribution in [1.82, 2.24) is 0 Å². The van der Waals surface area contributed by atoms with E-state index in [9.17, 15) is 13.2 Å². The van der Waals surface area contributed by atoms with Gasteiger partial charge in [0.1, 0.15) is 0 Å². The van der Waals surface area contributed by atoms with Crippen molar-refractivity contribution >= 4 is 8.80 Å². The highest BCUT2D eigenvalue weighted by Gasteiger charge is 2.36. The Balaban J connectivity index is 3.63. The van der Waals surface area contributed by atoms with Crippen molar-refractivity contribution in [3.8, 4) is 0 Å². The van der Waals surface area contributed by atoms with Crippen molar-refractivity contribution in [2.45, 2.75) is 18.8 Å². The lowest BCUT2D eigenvalue weighted by Gasteiger charge is -2.24. The van der Waals surface area contributed by atoms with E-state index in [1.165, 1.54) is 21.3 Å². The van der Waals surface area contributed by atoms with E-state index in [0.29, 0.717) is 12.5 Å². The van der Waals surface area contributed by atoms with Crippen LogP contribution in [0.25, 0.3) is 0 Å². The van der Waals surface area contributed by atoms with Crippen LogP contribution in [0.3, 0.4) is 0 Å². The summed E-state index contributed by atoms with van der Waals surface area (Å²) < 4.78 is 58.1. The summed E-state index contributed by atoms with van der Waals surface area (Å²) in [5.74, 6) is 0. The SMILES string of the molecule is CO[Si](CCCOCOC(F)(F)F)(OC)OC. The van der Waals surface area contributed by atoms with Crippen LogP contribution in [-0.4, -0.2) is 49.9 Å². The van der Waals surface area contributed by atoms with Gasteiger partial charge in [0, 0.05) is 34.0 Å². The van der Waals surface area contributed by atoms with Crippen molar-refractivity contribution in [3.05, 3.63) is 0 Å². The Bertz CT molecular complexity index is 190. The third kappa shape index (κ3) is 7.68. The van der Waals surface area contributed by atoms with Crippen LogP contribution in [0.5, 0.6) is 0 Å². The van der Waals surface area contributed by atoms with Gasteiger partial charge in [-0.1, -0.05) is 0 Å². The Kier molecular flexibility index (Phi) is 7.91. The van der Waals surface area contributed by atoms with Gasteiger partial charge in [-0.05, 0) is 6.42 Å². The largest absolute Gasteiger partial charge is 0.524 e. The van der Waals surface area contributed by atoms with Crippen molar-refractivity contribution in [1.29, 1.82) is 0 Å². The molecule has 0 atom stereocenters. The molecule has 0 N–H and O–H groups in total. The van der Waals surface area contributed by atoms with Crippen LogP contribution >= 0.6 is 0 Å². The van der Waals surface area contributed by atoms with E-state index >= 15 is 0 Å². The summed E-state index contributed by atoms with van der Waals surface area (Å²) in [5.41, 5.74) is 0. The third-order valence-corrected chi connectivity index (χ3v) is 4.84. The molecule has 0 amide bonds. The van der Waals surface area contributed by atoms with Gasteiger partial charge < -0.3 is 18.0 Å². The number of ether oxygens (including phenoxy) is 2. The zero-order valence-corrected chi connectivity index (χ0v) is 11.0. The van der Waals surface area contributed by atoms with Crippen molar-refractivity contribution in [2.75, 3.05) is 34.7 Å². The van der Waals surface area contributed by atoms with E-state index in [4.69, 9.17) is 13.3 Å². The number of halogens is 3. The van der Waals surface area contributed by atoms with E-state index < -0.39 is 22.0 Å². The summed E-state index contributed by atoms with van der Waals surface area (Å²) in [6.45, 7) is -0.702. The summed E-state index contributed by atoms with van der Waals surface area (Å²) in [7, 11) is 1.74. The van der Waals surface area contributed by atoms with Gasteiger partial charge in [0.05, 0.1) is 0 Å². The fourth-order valence-electron chi connectivity index (χ4n) is 1.11. The summed E-state index contributed by atoms with van der Waals surface area (Å²) in [6.07, 6.45) is -4.20. The van der Waals surface area contributed by atoms with Crippen molar-refractivity contribution in [3.63, 3.8) is 0 Å². The number of rotatable bonds is 9. The molecule has 0 heterocycles. The Morgan fingerprint density at radius 1 is 1.00 bits per heavy atom. The molecule has 104 valence electrons.